The molecule has 0 radical (unpaired) electrons. The van der Waals surface area contributed by atoms with Crippen LogP contribution in [0.2, 0.25) is 0 Å². The fraction of sp³-hybridized carbons (Fsp3) is 0.143. The lowest BCUT2D eigenvalue weighted by molar-refractivity contribution is -0.135. The normalized spacial score (nSPS) is 9.69. The van der Waals surface area contributed by atoms with Gasteiger partial charge in [0.05, 0.1) is 5.00 Å². The number of nitrogens with zero attached hydrogens (tertiary/aromatic N) is 1. The van der Waals surface area contributed by atoms with E-state index in [0.717, 1.165) is 4.47 Å². The van der Waals surface area contributed by atoms with E-state index in [1.54, 1.807) is 6.07 Å². The standard InChI is InChI=1S/C7H7BrN2O2S/c1-10(7(12)6(9)11)5-2-4(8)3-13-5/h2-3H,1H3,(H2,9,11). The SMILES string of the molecule is CN(C(=O)C(N)=O)c1cc(Br)cs1. The molecule has 1 rings (SSSR count). The predicted molar refractivity (Wildman–Crippen MR) is 54.6 cm³/mol. The zero-order valence-electron chi connectivity index (χ0n) is 6.78. The minimum atomic E-state index is -0.952. The van der Waals surface area contributed by atoms with Crippen LogP contribution in [0.1, 0.15) is 0 Å². The zero-order valence-corrected chi connectivity index (χ0v) is 9.18. The van der Waals surface area contributed by atoms with Crippen LogP contribution in [0.15, 0.2) is 15.9 Å². The maximum absolute atomic E-state index is 11.1. The first kappa shape index (κ1) is 10.2. The second-order valence-corrected chi connectivity index (χ2v) is 4.14. The molecule has 0 unspecified atom stereocenters. The third-order valence-corrected chi connectivity index (χ3v) is 3.17. The van der Waals surface area contributed by atoms with Gasteiger partial charge in [-0.15, -0.1) is 11.3 Å². The Morgan fingerprint density at radius 2 is 2.23 bits per heavy atom. The second-order valence-electron chi connectivity index (χ2n) is 2.33. The molecule has 6 heteroatoms. The summed E-state index contributed by atoms with van der Waals surface area (Å²) in [5.41, 5.74) is 4.84. The molecule has 0 aliphatic heterocycles. The van der Waals surface area contributed by atoms with Crippen molar-refractivity contribution in [3.05, 3.63) is 15.9 Å². The van der Waals surface area contributed by atoms with Crippen molar-refractivity contribution in [2.45, 2.75) is 0 Å². The first-order valence-corrected chi connectivity index (χ1v) is 5.01. The molecule has 0 aromatic carbocycles. The van der Waals surface area contributed by atoms with Crippen LogP contribution in [0.5, 0.6) is 0 Å². The van der Waals surface area contributed by atoms with Crippen molar-refractivity contribution in [3.8, 4) is 0 Å². The van der Waals surface area contributed by atoms with Crippen molar-refractivity contribution in [2.75, 3.05) is 11.9 Å². The van der Waals surface area contributed by atoms with Crippen LogP contribution < -0.4 is 10.6 Å². The molecule has 0 aliphatic carbocycles. The topological polar surface area (TPSA) is 63.4 Å². The molecule has 0 fully saturated rings. The second kappa shape index (κ2) is 3.89. The van der Waals surface area contributed by atoms with Crippen molar-refractivity contribution in [2.24, 2.45) is 5.73 Å². The van der Waals surface area contributed by atoms with E-state index >= 15 is 0 Å². The molecule has 1 aromatic heterocycles. The average molecular weight is 263 g/mol. The molecule has 2 N–H and O–H groups in total. The van der Waals surface area contributed by atoms with Crippen LogP contribution in [0.25, 0.3) is 0 Å². The first-order chi connectivity index (χ1) is 6.02. The number of nitrogens with two attached hydrogens (primary N) is 1. The number of carbonyl (C=O) groups excluding carboxylic acids is 2. The van der Waals surface area contributed by atoms with E-state index < -0.39 is 11.8 Å². The first-order valence-electron chi connectivity index (χ1n) is 3.34. The van der Waals surface area contributed by atoms with Gasteiger partial charge in [-0.2, -0.15) is 0 Å². The fourth-order valence-electron chi connectivity index (χ4n) is 0.744. The molecule has 4 nitrogen and oxygen atoms in total. The van der Waals surface area contributed by atoms with Crippen LogP contribution in [-0.2, 0) is 9.59 Å². The fourth-order valence-corrected chi connectivity index (χ4v) is 2.13. The number of amides is 2. The van der Waals surface area contributed by atoms with Crippen LogP contribution in [0.3, 0.4) is 0 Å². The maximum atomic E-state index is 11.1. The number of rotatable bonds is 1. The summed E-state index contributed by atoms with van der Waals surface area (Å²) in [5, 5.41) is 2.50. The lowest BCUT2D eigenvalue weighted by atomic mass is 10.5. The third-order valence-electron chi connectivity index (χ3n) is 1.40. The van der Waals surface area contributed by atoms with E-state index in [0.29, 0.717) is 5.00 Å². The third kappa shape index (κ3) is 2.28. The summed E-state index contributed by atoms with van der Waals surface area (Å²) < 4.78 is 0.872. The van der Waals surface area contributed by atoms with Crippen LogP contribution in [-0.4, -0.2) is 18.9 Å². The van der Waals surface area contributed by atoms with E-state index in [2.05, 4.69) is 15.9 Å². The highest BCUT2D eigenvalue weighted by Crippen LogP contribution is 2.27. The van der Waals surface area contributed by atoms with E-state index in [4.69, 9.17) is 5.73 Å². The summed E-state index contributed by atoms with van der Waals surface area (Å²) in [6.45, 7) is 0. The Morgan fingerprint density at radius 1 is 1.62 bits per heavy atom. The molecule has 0 atom stereocenters. The van der Waals surface area contributed by atoms with Gasteiger partial charge in [0.15, 0.2) is 0 Å². The predicted octanol–water partition coefficient (Wildman–Crippen LogP) is 0.959. The molecule has 13 heavy (non-hydrogen) atoms. The number of likely N-dealkylation sites (N-methyl/N-ethyl adjacent to an activating group) is 1. The van der Waals surface area contributed by atoms with E-state index in [1.165, 1.54) is 23.3 Å². The number of thiophene rings is 1. The minimum absolute atomic E-state index is 0.677. The summed E-state index contributed by atoms with van der Waals surface area (Å²) in [6, 6.07) is 1.74. The number of halogens is 1. The number of carbonyl (C=O) groups is 2. The van der Waals surface area contributed by atoms with Crippen molar-refractivity contribution < 1.29 is 9.59 Å². The van der Waals surface area contributed by atoms with Gasteiger partial charge in [-0.1, -0.05) is 0 Å². The van der Waals surface area contributed by atoms with Gasteiger partial charge in [-0.3, -0.25) is 14.5 Å². The van der Waals surface area contributed by atoms with Crippen molar-refractivity contribution in [3.63, 3.8) is 0 Å². The number of anilines is 1. The van der Waals surface area contributed by atoms with E-state index in [1.807, 2.05) is 5.38 Å². The number of hydrogen-bond acceptors (Lipinski definition) is 3. The Labute approximate surface area is 87.5 Å². The van der Waals surface area contributed by atoms with E-state index in [-0.39, 0.29) is 0 Å². The van der Waals surface area contributed by atoms with Gasteiger partial charge in [0, 0.05) is 16.9 Å². The van der Waals surface area contributed by atoms with Crippen molar-refractivity contribution in [1.82, 2.24) is 0 Å². The summed E-state index contributed by atoms with van der Waals surface area (Å²) in [7, 11) is 1.51. The Kier molecular flexibility index (Phi) is 3.05. The summed E-state index contributed by atoms with van der Waals surface area (Å²) >= 11 is 4.60. The monoisotopic (exact) mass is 262 g/mol. The van der Waals surface area contributed by atoms with Gasteiger partial charge in [-0.05, 0) is 22.0 Å². The molecule has 70 valence electrons. The molecular weight excluding hydrogens is 256 g/mol. The van der Waals surface area contributed by atoms with Gasteiger partial charge in [0.25, 0.3) is 0 Å². The molecule has 0 bridgehead atoms. The molecule has 1 aromatic rings. The average Bonchev–Trinajstić information content (AvgIpc) is 2.49. The van der Waals surface area contributed by atoms with Crippen LogP contribution in [0, 0.1) is 0 Å². The lowest BCUT2D eigenvalue weighted by Crippen LogP contribution is -2.37. The molecule has 0 saturated heterocycles. The Bertz CT molecular complexity index is 350. The van der Waals surface area contributed by atoms with Gasteiger partial charge in [-0.25, -0.2) is 0 Å². The summed E-state index contributed by atoms with van der Waals surface area (Å²) in [5.74, 6) is -1.67. The summed E-state index contributed by atoms with van der Waals surface area (Å²) in [6.07, 6.45) is 0. The van der Waals surface area contributed by atoms with E-state index in [9.17, 15) is 9.59 Å². The molecular formula is C7H7BrN2O2S. The van der Waals surface area contributed by atoms with Crippen molar-refractivity contribution in [1.29, 1.82) is 0 Å². The van der Waals surface area contributed by atoms with Crippen LogP contribution in [0.4, 0.5) is 5.00 Å². The molecule has 0 saturated carbocycles. The largest absolute Gasteiger partial charge is 0.361 e. The maximum Gasteiger partial charge on any atom is 0.316 e. The quantitative estimate of drug-likeness (QED) is 0.767. The minimum Gasteiger partial charge on any atom is -0.361 e. The lowest BCUT2D eigenvalue weighted by Gasteiger charge is -2.11. The highest BCUT2D eigenvalue weighted by molar-refractivity contribution is 9.10. The van der Waals surface area contributed by atoms with Crippen LogP contribution >= 0.6 is 27.3 Å². The van der Waals surface area contributed by atoms with Gasteiger partial charge >= 0.3 is 11.8 Å². The van der Waals surface area contributed by atoms with Gasteiger partial charge in [0.1, 0.15) is 0 Å². The zero-order chi connectivity index (χ0) is 10.0. The Morgan fingerprint density at radius 3 is 2.62 bits per heavy atom. The molecule has 2 amide bonds. The highest BCUT2D eigenvalue weighted by Gasteiger charge is 2.17. The number of primary amides is 1. The van der Waals surface area contributed by atoms with Gasteiger partial charge in [0.2, 0.25) is 0 Å². The number of hydrogen-bond donors (Lipinski definition) is 1. The summed E-state index contributed by atoms with van der Waals surface area (Å²) in [4.78, 5) is 22.9. The Balaban J connectivity index is 2.85. The van der Waals surface area contributed by atoms with Crippen molar-refractivity contribution >= 4 is 44.1 Å². The smallest absolute Gasteiger partial charge is 0.316 e. The Hall–Kier alpha value is -0.880. The van der Waals surface area contributed by atoms with Gasteiger partial charge < -0.3 is 5.73 Å². The highest BCUT2D eigenvalue weighted by atomic mass is 79.9. The molecule has 1 heterocycles. The molecule has 0 spiro atoms. The molecule has 0 aliphatic rings.